The summed E-state index contributed by atoms with van der Waals surface area (Å²) in [5, 5.41) is 9.03. The molecule has 2 aromatic rings. The standard InChI is InChI=1S/C19H18FNO3/c20-16-3-1-2-14(10-16)5-4-13-6-8-17(9-7-13)21-12-15(19(23)24)11-18(21)22/h1-3,6-10,15H,4-5,11-12H2,(H,23,24). The summed E-state index contributed by atoms with van der Waals surface area (Å²) >= 11 is 0. The summed E-state index contributed by atoms with van der Waals surface area (Å²) in [7, 11) is 0. The van der Waals surface area contributed by atoms with Crippen LogP contribution in [0.5, 0.6) is 0 Å². The van der Waals surface area contributed by atoms with Crippen LogP contribution >= 0.6 is 0 Å². The number of anilines is 1. The fraction of sp³-hybridized carbons (Fsp3) is 0.263. The zero-order valence-electron chi connectivity index (χ0n) is 13.1. The largest absolute Gasteiger partial charge is 0.481 e. The van der Waals surface area contributed by atoms with E-state index in [0.717, 1.165) is 29.7 Å². The normalized spacial score (nSPS) is 17.3. The van der Waals surface area contributed by atoms with Crippen LogP contribution in [0, 0.1) is 11.7 Å². The highest BCUT2D eigenvalue weighted by molar-refractivity contribution is 5.99. The maximum absolute atomic E-state index is 13.2. The number of amides is 1. The number of benzene rings is 2. The summed E-state index contributed by atoms with van der Waals surface area (Å²) in [5.41, 5.74) is 2.75. The molecule has 1 heterocycles. The number of carboxylic acid groups (broad SMARTS) is 1. The Balaban J connectivity index is 1.63. The Labute approximate surface area is 139 Å². The van der Waals surface area contributed by atoms with Crippen molar-refractivity contribution in [2.24, 2.45) is 5.92 Å². The molecular weight excluding hydrogens is 309 g/mol. The first-order valence-corrected chi connectivity index (χ1v) is 7.89. The van der Waals surface area contributed by atoms with Crippen molar-refractivity contribution in [3.05, 3.63) is 65.5 Å². The molecule has 124 valence electrons. The van der Waals surface area contributed by atoms with Crippen LogP contribution in [0.25, 0.3) is 0 Å². The smallest absolute Gasteiger partial charge is 0.308 e. The van der Waals surface area contributed by atoms with Gasteiger partial charge in [0.05, 0.1) is 5.92 Å². The van der Waals surface area contributed by atoms with Gasteiger partial charge >= 0.3 is 5.97 Å². The molecule has 5 heteroatoms. The second kappa shape index (κ2) is 6.83. The maximum atomic E-state index is 13.2. The number of carbonyl (C=O) groups is 2. The number of nitrogens with zero attached hydrogens (tertiary/aromatic N) is 1. The lowest BCUT2D eigenvalue weighted by molar-refractivity contribution is -0.141. The van der Waals surface area contributed by atoms with Crippen molar-refractivity contribution in [2.45, 2.75) is 19.3 Å². The van der Waals surface area contributed by atoms with Gasteiger partial charge in [0.2, 0.25) is 5.91 Å². The average molecular weight is 327 g/mol. The number of hydrogen-bond acceptors (Lipinski definition) is 2. The molecule has 2 aromatic carbocycles. The molecule has 1 saturated heterocycles. The lowest BCUT2D eigenvalue weighted by atomic mass is 10.0. The molecule has 1 atom stereocenters. The molecule has 1 aliphatic heterocycles. The second-order valence-corrected chi connectivity index (χ2v) is 6.04. The van der Waals surface area contributed by atoms with Gasteiger partial charge in [0.1, 0.15) is 5.82 Å². The minimum atomic E-state index is -0.933. The fourth-order valence-electron chi connectivity index (χ4n) is 2.95. The molecule has 0 bridgehead atoms. The Hall–Kier alpha value is -2.69. The van der Waals surface area contributed by atoms with Crippen LogP contribution < -0.4 is 4.90 Å². The SMILES string of the molecule is O=C(O)C1CC(=O)N(c2ccc(CCc3cccc(F)c3)cc2)C1. The Morgan fingerprint density at radius 1 is 1.12 bits per heavy atom. The number of aryl methyl sites for hydroxylation is 2. The average Bonchev–Trinajstić information content (AvgIpc) is 2.96. The first kappa shape index (κ1) is 16.2. The van der Waals surface area contributed by atoms with E-state index in [9.17, 15) is 14.0 Å². The van der Waals surface area contributed by atoms with Gasteiger partial charge in [0.25, 0.3) is 0 Å². The van der Waals surface area contributed by atoms with Crippen molar-refractivity contribution < 1.29 is 19.1 Å². The van der Waals surface area contributed by atoms with Crippen LogP contribution in [-0.4, -0.2) is 23.5 Å². The molecular formula is C19H18FNO3. The molecule has 1 aliphatic rings. The predicted molar refractivity (Wildman–Crippen MR) is 88.3 cm³/mol. The van der Waals surface area contributed by atoms with Crippen LogP contribution in [-0.2, 0) is 22.4 Å². The first-order valence-electron chi connectivity index (χ1n) is 7.89. The number of carboxylic acids is 1. The van der Waals surface area contributed by atoms with Gasteiger partial charge in [0.15, 0.2) is 0 Å². The van der Waals surface area contributed by atoms with Gasteiger partial charge < -0.3 is 10.0 Å². The highest BCUT2D eigenvalue weighted by Gasteiger charge is 2.34. The van der Waals surface area contributed by atoms with Crippen LogP contribution in [0.3, 0.4) is 0 Å². The third-order valence-corrected chi connectivity index (χ3v) is 4.31. The Kier molecular flexibility index (Phi) is 4.60. The molecule has 0 saturated carbocycles. The molecule has 0 aromatic heterocycles. The third-order valence-electron chi connectivity index (χ3n) is 4.31. The molecule has 4 nitrogen and oxygen atoms in total. The van der Waals surface area contributed by atoms with Crippen molar-refractivity contribution in [3.63, 3.8) is 0 Å². The van der Waals surface area contributed by atoms with Crippen LogP contribution in [0.1, 0.15) is 17.5 Å². The van der Waals surface area contributed by atoms with Gasteiger partial charge in [-0.05, 0) is 48.2 Å². The van der Waals surface area contributed by atoms with Crippen molar-refractivity contribution in [1.29, 1.82) is 0 Å². The van der Waals surface area contributed by atoms with E-state index in [1.165, 1.54) is 17.0 Å². The molecule has 1 unspecified atom stereocenters. The summed E-state index contributed by atoms with van der Waals surface area (Å²) in [6, 6.07) is 14.1. The molecule has 0 aliphatic carbocycles. The summed E-state index contributed by atoms with van der Waals surface area (Å²) in [6.45, 7) is 0.219. The van der Waals surface area contributed by atoms with Crippen molar-refractivity contribution >= 4 is 17.6 Å². The molecule has 1 N–H and O–H groups in total. The monoisotopic (exact) mass is 327 g/mol. The second-order valence-electron chi connectivity index (χ2n) is 6.04. The van der Waals surface area contributed by atoms with Crippen LogP contribution in [0.15, 0.2) is 48.5 Å². The van der Waals surface area contributed by atoms with Gasteiger partial charge in [-0.2, -0.15) is 0 Å². The molecule has 3 rings (SSSR count). The van der Waals surface area contributed by atoms with Gasteiger partial charge in [-0.25, -0.2) is 4.39 Å². The third kappa shape index (κ3) is 3.62. The minimum Gasteiger partial charge on any atom is -0.481 e. The van der Waals surface area contributed by atoms with Gasteiger partial charge in [0, 0.05) is 18.7 Å². The Morgan fingerprint density at radius 3 is 2.46 bits per heavy atom. The summed E-state index contributed by atoms with van der Waals surface area (Å²) < 4.78 is 13.2. The van der Waals surface area contributed by atoms with Crippen molar-refractivity contribution in [2.75, 3.05) is 11.4 Å². The van der Waals surface area contributed by atoms with E-state index in [4.69, 9.17) is 5.11 Å². The molecule has 0 radical (unpaired) electrons. The van der Waals surface area contributed by atoms with Crippen molar-refractivity contribution in [1.82, 2.24) is 0 Å². The predicted octanol–water partition coefficient (Wildman–Crippen LogP) is 3.05. The van der Waals surface area contributed by atoms with Gasteiger partial charge in [-0.15, -0.1) is 0 Å². The zero-order chi connectivity index (χ0) is 17.1. The Morgan fingerprint density at radius 2 is 1.83 bits per heavy atom. The first-order chi connectivity index (χ1) is 11.5. The summed E-state index contributed by atoms with van der Waals surface area (Å²) in [4.78, 5) is 24.5. The number of hydrogen-bond donors (Lipinski definition) is 1. The van der Waals surface area contributed by atoms with E-state index >= 15 is 0 Å². The highest BCUT2D eigenvalue weighted by Crippen LogP contribution is 2.25. The van der Waals surface area contributed by atoms with E-state index < -0.39 is 11.9 Å². The number of carbonyl (C=O) groups excluding carboxylic acids is 1. The lowest BCUT2D eigenvalue weighted by Gasteiger charge is -2.16. The maximum Gasteiger partial charge on any atom is 0.308 e. The Bertz CT molecular complexity index is 757. The molecule has 1 fully saturated rings. The minimum absolute atomic E-state index is 0.0522. The van der Waals surface area contributed by atoms with Crippen LogP contribution in [0.4, 0.5) is 10.1 Å². The lowest BCUT2D eigenvalue weighted by Crippen LogP contribution is -2.25. The fourth-order valence-corrected chi connectivity index (χ4v) is 2.95. The molecule has 1 amide bonds. The molecule has 0 spiro atoms. The number of rotatable bonds is 5. The van der Waals surface area contributed by atoms with E-state index in [0.29, 0.717) is 0 Å². The van der Waals surface area contributed by atoms with E-state index in [1.54, 1.807) is 6.07 Å². The summed E-state index contributed by atoms with van der Waals surface area (Å²) in [6.07, 6.45) is 1.56. The van der Waals surface area contributed by atoms with Gasteiger partial charge in [-0.3, -0.25) is 9.59 Å². The molecule has 24 heavy (non-hydrogen) atoms. The van der Waals surface area contributed by atoms with Crippen molar-refractivity contribution in [3.8, 4) is 0 Å². The van der Waals surface area contributed by atoms with Gasteiger partial charge in [-0.1, -0.05) is 24.3 Å². The topological polar surface area (TPSA) is 57.6 Å². The summed E-state index contributed by atoms with van der Waals surface area (Å²) in [5.74, 6) is -1.96. The van der Waals surface area contributed by atoms with E-state index in [1.807, 2.05) is 30.3 Å². The quantitative estimate of drug-likeness (QED) is 0.918. The highest BCUT2D eigenvalue weighted by atomic mass is 19.1. The number of halogens is 1. The van der Waals surface area contributed by atoms with E-state index in [-0.39, 0.29) is 24.7 Å². The van der Waals surface area contributed by atoms with E-state index in [2.05, 4.69) is 0 Å². The van der Waals surface area contributed by atoms with Crippen LogP contribution in [0.2, 0.25) is 0 Å². The number of aliphatic carboxylic acids is 1. The zero-order valence-corrected chi connectivity index (χ0v) is 13.1.